The van der Waals surface area contributed by atoms with E-state index in [1.54, 1.807) is 18.2 Å². The molecule has 1 aromatic carbocycles. The van der Waals surface area contributed by atoms with E-state index in [1.807, 2.05) is 24.3 Å². The Labute approximate surface area is 128 Å². The van der Waals surface area contributed by atoms with Crippen LogP contribution in [-0.2, 0) is 4.79 Å². The molecule has 2 N–H and O–H groups in total. The first-order valence-electron chi connectivity index (χ1n) is 6.58. The highest BCUT2D eigenvalue weighted by Gasteiger charge is 1.92. The molecule has 112 valence electrons. The molecule has 0 aliphatic rings. The molecule has 0 fully saturated rings. The summed E-state index contributed by atoms with van der Waals surface area (Å²) in [7, 11) is 0. The van der Waals surface area contributed by atoms with Crippen LogP contribution < -0.4 is 5.73 Å². The zero-order chi connectivity index (χ0) is 16.7. The zero-order valence-corrected chi connectivity index (χ0v) is 13.0. The van der Waals surface area contributed by atoms with Gasteiger partial charge in [0.15, 0.2) is 0 Å². The van der Waals surface area contributed by atoms with Crippen molar-refractivity contribution in [3.8, 4) is 6.07 Å². The molecule has 0 aromatic heterocycles. The molecule has 3 heteroatoms. The van der Waals surface area contributed by atoms with E-state index in [0.717, 1.165) is 17.0 Å². The monoisotopic (exact) mass is 284 g/mol. The van der Waals surface area contributed by atoms with Crippen molar-refractivity contribution in [3.05, 3.63) is 60.7 Å². The fourth-order valence-corrected chi connectivity index (χ4v) is 1.02. The number of primary amides is 1. The maximum absolute atomic E-state index is 10.5. The van der Waals surface area contributed by atoms with Gasteiger partial charge in [-0.05, 0) is 23.1 Å². The number of nitrogens with zero attached hydrogens (tertiary/aromatic N) is 1. The second kappa shape index (κ2) is 13.8. The molecule has 0 aliphatic carbocycles. The molecule has 0 atom stereocenters. The Morgan fingerprint density at radius 2 is 1.67 bits per heavy atom. The first-order chi connectivity index (χ1) is 9.88. The third-order valence-electron chi connectivity index (χ3n) is 1.73. The summed E-state index contributed by atoms with van der Waals surface area (Å²) in [5, 5.41) is 7.51. The maximum atomic E-state index is 10.5. The van der Waals surface area contributed by atoms with Crippen molar-refractivity contribution in [2.75, 3.05) is 0 Å². The van der Waals surface area contributed by atoms with Gasteiger partial charge in [0.05, 0.1) is 6.07 Å². The molecule has 0 bridgehead atoms. The molecule has 0 unspecified atom stereocenters. The minimum Gasteiger partial charge on any atom is -0.366 e. The highest BCUT2D eigenvalue weighted by molar-refractivity contribution is 5.90. The van der Waals surface area contributed by atoms with Crippen molar-refractivity contribution < 1.29 is 4.79 Å². The van der Waals surface area contributed by atoms with Crippen LogP contribution in [0, 0.1) is 17.2 Å². The van der Waals surface area contributed by atoms with E-state index in [0.29, 0.717) is 0 Å². The van der Waals surface area contributed by atoms with Gasteiger partial charge in [0.2, 0.25) is 5.91 Å². The second-order valence-corrected chi connectivity index (χ2v) is 4.63. The molecule has 0 spiro atoms. The summed E-state index contributed by atoms with van der Waals surface area (Å²) in [5.41, 5.74) is 6.91. The Hall–Kier alpha value is -2.60. The van der Waals surface area contributed by atoms with Gasteiger partial charge in [-0.25, -0.2) is 0 Å². The Morgan fingerprint density at radius 3 is 2.00 bits per heavy atom. The number of carbonyl (C=O) groups excluding carboxylic acids is 1. The minimum atomic E-state index is -0.445. The van der Waals surface area contributed by atoms with E-state index in [2.05, 4.69) is 33.9 Å². The minimum absolute atomic E-state index is 0.445. The molecule has 0 heterocycles. The van der Waals surface area contributed by atoms with Gasteiger partial charge in [-0.3, -0.25) is 4.79 Å². The summed E-state index contributed by atoms with van der Waals surface area (Å²) in [5.74, 6) is 0.388. The molecule has 1 aromatic rings. The summed E-state index contributed by atoms with van der Waals surface area (Å²) >= 11 is 0. The predicted molar refractivity (Wildman–Crippen MR) is 91.1 cm³/mol. The topological polar surface area (TPSA) is 66.9 Å². The van der Waals surface area contributed by atoms with E-state index in [9.17, 15) is 4.79 Å². The molecule has 1 amide bonds. The van der Waals surface area contributed by atoms with Gasteiger partial charge in [0.1, 0.15) is 0 Å². The van der Waals surface area contributed by atoms with Crippen LogP contribution in [0.1, 0.15) is 31.9 Å². The highest BCUT2D eigenvalue weighted by atomic mass is 16.1. The lowest BCUT2D eigenvalue weighted by atomic mass is 10.1. The summed E-state index contributed by atoms with van der Waals surface area (Å²) in [4.78, 5) is 10.5. The number of benzene rings is 1. The molecule has 3 nitrogen and oxygen atoms in total. The number of nitriles is 1. The van der Waals surface area contributed by atoms with Crippen molar-refractivity contribution >= 4 is 18.1 Å². The maximum Gasteiger partial charge on any atom is 0.241 e. The lowest BCUT2D eigenvalue weighted by Crippen LogP contribution is -2.05. The van der Waals surface area contributed by atoms with Crippen LogP contribution in [-0.4, -0.2) is 5.91 Å². The molecule has 0 saturated heterocycles. The van der Waals surface area contributed by atoms with Crippen LogP contribution in [0.25, 0.3) is 12.2 Å². The van der Waals surface area contributed by atoms with Crippen LogP contribution in [0.15, 0.2) is 49.6 Å². The van der Waals surface area contributed by atoms with Crippen molar-refractivity contribution in [2.45, 2.75) is 20.8 Å². The SMILES string of the molecule is C=CC#N.C=Cc1ccccc1C=CC(N)=O.CC(C)C. The number of allylic oxidation sites excluding steroid dienone is 1. The predicted octanol–water partition coefficient (Wildman–Crippen LogP) is 4.19. The largest absolute Gasteiger partial charge is 0.366 e. The van der Waals surface area contributed by atoms with Gasteiger partial charge in [0, 0.05) is 12.2 Å². The van der Waals surface area contributed by atoms with Crippen LogP contribution in [0.5, 0.6) is 0 Å². The normalized spacial score (nSPS) is 8.71. The Kier molecular flexibility index (Phi) is 13.6. The van der Waals surface area contributed by atoms with Gasteiger partial charge in [-0.15, -0.1) is 0 Å². The lowest BCUT2D eigenvalue weighted by molar-refractivity contribution is -0.113. The summed E-state index contributed by atoms with van der Waals surface area (Å²) in [6.45, 7) is 13.3. The molecule has 1 rings (SSSR count). The van der Waals surface area contributed by atoms with Crippen molar-refractivity contribution in [2.24, 2.45) is 11.7 Å². The third-order valence-corrected chi connectivity index (χ3v) is 1.73. The molecule has 0 saturated carbocycles. The number of hydrogen-bond donors (Lipinski definition) is 1. The van der Waals surface area contributed by atoms with Crippen LogP contribution >= 0.6 is 0 Å². The van der Waals surface area contributed by atoms with E-state index in [1.165, 1.54) is 12.2 Å². The number of amides is 1. The van der Waals surface area contributed by atoms with Gasteiger partial charge < -0.3 is 5.73 Å². The summed E-state index contributed by atoms with van der Waals surface area (Å²) in [6.07, 6.45) is 5.93. The van der Waals surface area contributed by atoms with E-state index >= 15 is 0 Å². The number of carbonyl (C=O) groups is 1. The second-order valence-electron chi connectivity index (χ2n) is 4.63. The smallest absolute Gasteiger partial charge is 0.241 e. The Balaban J connectivity index is 0. The van der Waals surface area contributed by atoms with Gasteiger partial charge in [0.25, 0.3) is 0 Å². The quantitative estimate of drug-likeness (QED) is 0.668. The summed E-state index contributed by atoms with van der Waals surface area (Å²) < 4.78 is 0. The average Bonchev–Trinajstić information content (AvgIpc) is 2.45. The Bertz CT molecular complexity index is 505. The van der Waals surface area contributed by atoms with Crippen LogP contribution in [0.4, 0.5) is 0 Å². The Morgan fingerprint density at radius 1 is 1.24 bits per heavy atom. The molecule has 21 heavy (non-hydrogen) atoms. The van der Waals surface area contributed by atoms with Crippen LogP contribution in [0.2, 0.25) is 0 Å². The molecule has 0 aliphatic heterocycles. The van der Waals surface area contributed by atoms with E-state index in [-0.39, 0.29) is 0 Å². The number of hydrogen-bond acceptors (Lipinski definition) is 2. The van der Waals surface area contributed by atoms with Crippen LogP contribution in [0.3, 0.4) is 0 Å². The van der Waals surface area contributed by atoms with E-state index < -0.39 is 5.91 Å². The fraction of sp³-hybridized carbons (Fsp3) is 0.222. The molecular formula is C18H24N2O. The lowest BCUT2D eigenvalue weighted by Gasteiger charge is -1.97. The standard InChI is InChI=1S/C11H11NO.C4H10.C3H3N/c1-2-9-5-3-4-6-10(9)7-8-11(12)13;1-4(2)3;1-2-3-4/h2-8H,1H2,(H2,12,13);4H,1-3H3;2H,1H2. The van der Waals surface area contributed by atoms with Gasteiger partial charge in [-0.2, -0.15) is 5.26 Å². The average molecular weight is 284 g/mol. The number of rotatable bonds is 3. The van der Waals surface area contributed by atoms with Gasteiger partial charge >= 0.3 is 0 Å². The van der Waals surface area contributed by atoms with Crippen molar-refractivity contribution in [1.29, 1.82) is 5.26 Å². The molecule has 0 radical (unpaired) electrons. The molecular weight excluding hydrogens is 260 g/mol. The van der Waals surface area contributed by atoms with E-state index in [4.69, 9.17) is 11.0 Å². The highest BCUT2D eigenvalue weighted by Crippen LogP contribution is 2.11. The fourth-order valence-electron chi connectivity index (χ4n) is 1.02. The zero-order valence-electron chi connectivity index (χ0n) is 13.0. The van der Waals surface area contributed by atoms with Gasteiger partial charge in [-0.1, -0.05) is 64.3 Å². The first kappa shape index (κ1) is 20.7. The van der Waals surface area contributed by atoms with Crippen molar-refractivity contribution in [1.82, 2.24) is 0 Å². The summed E-state index contributed by atoms with van der Waals surface area (Å²) in [6, 6.07) is 9.33. The number of nitrogens with two attached hydrogens (primary N) is 1. The van der Waals surface area contributed by atoms with Crippen molar-refractivity contribution in [3.63, 3.8) is 0 Å². The third kappa shape index (κ3) is 15.3. The first-order valence-corrected chi connectivity index (χ1v) is 6.58.